The Morgan fingerprint density at radius 2 is 1.88 bits per heavy atom. The molecule has 0 saturated carbocycles. The van der Waals surface area contributed by atoms with Crippen LogP contribution in [-0.2, 0) is 6.54 Å². The number of piperidine rings is 1. The monoisotopic (exact) mass is 356 g/mol. The van der Waals surface area contributed by atoms with E-state index in [1.54, 1.807) is 4.90 Å². The molecule has 0 bridgehead atoms. The molecule has 2 aromatic rings. The maximum Gasteiger partial charge on any atom is 0.326 e. The Labute approximate surface area is 151 Å². The highest BCUT2D eigenvalue weighted by Crippen LogP contribution is 2.32. The molecule has 26 heavy (non-hydrogen) atoms. The van der Waals surface area contributed by atoms with Gasteiger partial charge in [0.25, 0.3) is 11.5 Å². The van der Waals surface area contributed by atoms with Crippen LogP contribution in [0, 0.1) is 0 Å². The van der Waals surface area contributed by atoms with E-state index in [1.807, 2.05) is 14.1 Å². The highest BCUT2D eigenvalue weighted by molar-refractivity contribution is 5.92. The molecule has 3 rings (SSSR count). The summed E-state index contributed by atoms with van der Waals surface area (Å²) in [5.74, 6) is -0.310. The van der Waals surface area contributed by atoms with Crippen LogP contribution in [-0.4, -0.2) is 46.3 Å². The second-order valence-corrected chi connectivity index (χ2v) is 6.99. The minimum Gasteiger partial charge on any atom is -0.330 e. The number of aromatic amines is 2. The van der Waals surface area contributed by atoms with Gasteiger partial charge in [0.2, 0.25) is 0 Å². The lowest BCUT2D eigenvalue weighted by molar-refractivity contribution is 0.0604. The van der Waals surface area contributed by atoms with E-state index in [2.05, 4.69) is 39.1 Å². The fourth-order valence-electron chi connectivity index (χ4n) is 3.47. The largest absolute Gasteiger partial charge is 0.330 e. The van der Waals surface area contributed by atoms with E-state index in [1.165, 1.54) is 5.56 Å². The molecule has 1 fully saturated rings. The van der Waals surface area contributed by atoms with Gasteiger partial charge >= 0.3 is 5.69 Å². The molecule has 1 aromatic carbocycles. The van der Waals surface area contributed by atoms with Gasteiger partial charge in [-0.2, -0.15) is 0 Å². The number of hydrogen-bond acceptors (Lipinski definition) is 4. The Balaban J connectivity index is 1.86. The molecule has 1 amide bonds. The molecular weight excluding hydrogens is 332 g/mol. The minimum absolute atomic E-state index is 0.0369. The first-order chi connectivity index (χ1) is 12.4. The molecule has 1 aromatic heterocycles. The van der Waals surface area contributed by atoms with Crippen LogP contribution in [0.5, 0.6) is 0 Å². The SMILES string of the molecule is CN(C)Cc1ccc([C@H]2CCCCN2C(=O)c2cc(=O)[nH]c(=O)[nH]2)cc1. The first kappa shape index (κ1) is 18.1. The summed E-state index contributed by atoms with van der Waals surface area (Å²) < 4.78 is 0. The van der Waals surface area contributed by atoms with Gasteiger partial charge in [0.15, 0.2) is 0 Å². The first-order valence-electron chi connectivity index (χ1n) is 8.82. The first-order valence-corrected chi connectivity index (χ1v) is 8.82. The van der Waals surface area contributed by atoms with E-state index in [0.29, 0.717) is 6.54 Å². The smallest absolute Gasteiger partial charge is 0.326 e. The summed E-state index contributed by atoms with van der Waals surface area (Å²) in [5, 5.41) is 0. The van der Waals surface area contributed by atoms with Gasteiger partial charge in [-0.3, -0.25) is 14.6 Å². The molecule has 1 atom stereocenters. The molecule has 138 valence electrons. The van der Waals surface area contributed by atoms with E-state index in [-0.39, 0.29) is 17.6 Å². The molecule has 1 saturated heterocycles. The molecule has 1 aliphatic heterocycles. The third kappa shape index (κ3) is 4.11. The van der Waals surface area contributed by atoms with Crippen molar-refractivity contribution in [2.75, 3.05) is 20.6 Å². The van der Waals surface area contributed by atoms with Crippen LogP contribution in [0.15, 0.2) is 39.9 Å². The summed E-state index contributed by atoms with van der Waals surface area (Å²) in [6, 6.07) is 9.40. The Kier molecular flexibility index (Phi) is 5.37. The van der Waals surface area contributed by atoms with Crippen LogP contribution >= 0.6 is 0 Å². The van der Waals surface area contributed by atoms with Crippen molar-refractivity contribution in [1.82, 2.24) is 19.8 Å². The van der Waals surface area contributed by atoms with E-state index in [0.717, 1.165) is 37.4 Å². The summed E-state index contributed by atoms with van der Waals surface area (Å²) in [4.78, 5) is 44.3. The average Bonchev–Trinajstić information content (AvgIpc) is 2.60. The van der Waals surface area contributed by atoms with Gasteiger partial charge in [0.1, 0.15) is 5.69 Å². The molecule has 0 unspecified atom stereocenters. The molecule has 2 heterocycles. The van der Waals surface area contributed by atoms with Crippen molar-refractivity contribution >= 4 is 5.91 Å². The van der Waals surface area contributed by atoms with Crippen molar-refractivity contribution in [2.45, 2.75) is 31.8 Å². The quantitative estimate of drug-likeness (QED) is 0.869. The molecule has 7 nitrogen and oxygen atoms in total. The second kappa shape index (κ2) is 7.70. The number of carbonyl (C=O) groups excluding carboxylic acids is 1. The summed E-state index contributed by atoms with van der Waals surface area (Å²) >= 11 is 0. The van der Waals surface area contributed by atoms with Gasteiger partial charge in [-0.15, -0.1) is 0 Å². The zero-order valence-electron chi connectivity index (χ0n) is 15.1. The number of hydrogen-bond donors (Lipinski definition) is 2. The topological polar surface area (TPSA) is 89.3 Å². The molecule has 7 heteroatoms. The van der Waals surface area contributed by atoms with Gasteiger partial charge in [0.05, 0.1) is 6.04 Å². The number of H-pyrrole nitrogens is 2. The number of rotatable bonds is 4. The highest BCUT2D eigenvalue weighted by Gasteiger charge is 2.29. The van der Waals surface area contributed by atoms with Crippen LogP contribution in [0.2, 0.25) is 0 Å². The summed E-state index contributed by atoms with van der Waals surface area (Å²) in [6.45, 7) is 1.47. The fourth-order valence-corrected chi connectivity index (χ4v) is 3.47. The number of aromatic nitrogens is 2. The van der Waals surface area contributed by atoms with E-state index in [9.17, 15) is 14.4 Å². The van der Waals surface area contributed by atoms with Crippen LogP contribution < -0.4 is 11.2 Å². The van der Waals surface area contributed by atoms with Crippen molar-refractivity contribution < 1.29 is 4.79 Å². The Morgan fingerprint density at radius 3 is 2.54 bits per heavy atom. The summed E-state index contributed by atoms with van der Waals surface area (Å²) in [6.07, 6.45) is 2.82. The van der Waals surface area contributed by atoms with Crippen molar-refractivity contribution in [3.63, 3.8) is 0 Å². The highest BCUT2D eigenvalue weighted by atomic mass is 16.2. The average molecular weight is 356 g/mol. The van der Waals surface area contributed by atoms with Crippen molar-refractivity contribution in [3.8, 4) is 0 Å². The predicted octanol–water partition coefficient (Wildman–Crippen LogP) is 1.49. The zero-order chi connectivity index (χ0) is 18.7. The zero-order valence-corrected chi connectivity index (χ0v) is 15.1. The van der Waals surface area contributed by atoms with Gasteiger partial charge in [0, 0.05) is 19.2 Å². The van der Waals surface area contributed by atoms with Crippen molar-refractivity contribution in [2.24, 2.45) is 0 Å². The normalized spacial score (nSPS) is 17.5. The van der Waals surface area contributed by atoms with Crippen LogP contribution in [0.1, 0.15) is 46.9 Å². The number of carbonyl (C=O) groups is 1. The Bertz CT molecular complexity index is 854. The molecule has 1 aliphatic rings. The van der Waals surface area contributed by atoms with E-state index in [4.69, 9.17) is 0 Å². The number of nitrogens with one attached hydrogen (secondary N) is 2. The molecule has 0 radical (unpaired) electrons. The van der Waals surface area contributed by atoms with Crippen LogP contribution in [0.25, 0.3) is 0 Å². The van der Waals surface area contributed by atoms with Crippen molar-refractivity contribution in [3.05, 3.63) is 68.0 Å². The molecule has 0 spiro atoms. The lowest BCUT2D eigenvalue weighted by atomic mass is 9.94. The number of amides is 1. The maximum atomic E-state index is 12.9. The third-order valence-corrected chi connectivity index (χ3v) is 4.62. The van der Waals surface area contributed by atoms with E-state index >= 15 is 0 Å². The number of nitrogens with zero attached hydrogens (tertiary/aromatic N) is 2. The summed E-state index contributed by atoms with van der Waals surface area (Å²) in [5.41, 5.74) is 1.09. The summed E-state index contributed by atoms with van der Waals surface area (Å²) in [7, 11) is 4.05. The van der Waals surface area contributed by atoms with Crippen molar-refractivity contribution in [1.29, 1.82) is 0 Å². The van der Waals surface area contributed by atoms with Crippen LogP contribution in [0.3, 0.4) is 0 Å². The van der Waals surface area contributed by atoms with Gasteiger partial charge < -0.3 is 14.8 Å². The van der Waals surface area contributed by atoms with Gasteiger partial charge in [-0.05, 0) is 44.5 Å². The lowest BCUT2D eigenvalue weighted by Crippen LogP contribution is -2.40. The number of benzene rings is 1. The lowest BCUT2D eigenvalue weighted by Gasteiger charge is -2.36. The van der Waals surface area contributed by atoms with Gasteiger partial charge in [-0.25, -0.2) is 4.79 Å². The van der Waals surface area contributed by atoms with Gasteiger partial charge in [-0.1, -0.05) is 24.3 Å². The molecule has 2 N–H and O–H groups in total. The predicted molar refractivity (Wildman–Crippen MR) is 99.1 cm³/mol. The molecular formula is C19H24N4O3. The fraction of sp³-hybridized carbons (Fsp3) is 0.421. The Hall–Kier alpha value is -2.67. The minimum atomic E-state index is -0.664. The Morgan fingerprint density at radius 1 is 1.15 bits per heavy atom. The molecule has 0 aliphatic carbocycles. The van der Waals surface area contributed by atoms with E-state index < -0.39 is 11.2 Å². The maximum absolute atomic E-state index is 12.9. The standard InChI is InChI=1S/C19H24N4O3/c1-22(2)12-13-6-8-14(9-7-13)16-5-3-4-10-23(16)18(25)15-11-17(24)21-19(26)20-15/h6-9,11,16H,3-5,10,12H2,1-2H3,(H2,20,21,24,26)/t16-/m1/s1. The second-order valence-electron chi connectivity index (χ2n) is 6.99. The number of likely N-dealkylation sites (tertiary alicyclic amines) is 1. The van der Waals surface area contributed by atoms with Crippen LogP contribution in [0.4, 0.5) is 0 Å². The third-order valence-electron chi connectivity index (χ3n) is 4.62.